The summed E-state index contributed by atoms with van der Waals surface area (Å²) in [7, 11) is 0. The molecule has 88 valence electrons. The number of nitrogens with zero attached hydrogens (tertiary/aromatic N) is 2. The highest BCUT2D eigenvalue weighted by Crippen LogP contribution is 2.13. The smallest absolute Gasteiger partial charge is 0.155 e. The van der Waals surface area contributed by atoms with Crippen molar-refractivity contribution >= 4 is 23.0 Å². The average molecular weight is 238 g/mol. The molecule has 5 heteroatoms. The molecule has 0 aliphatic rings. The summed E-state index contributed by atoms with van der Waals surface area (Å²) in [6.45, 7) is 7.41. The maximum Gasteiger partial charge on any atom is 0.155 e. The number of nitrogens with two attached hydrogens (primary N) is 1. The lowest BCUT2D eigenvalue weighted by molar-refractivity contribution is 0.439. The molecule has 0 radical (unpaired) electrons. The quantitative estimate of drug-likeness (QED) is 0.766. The molecule has 1 unspecified atom stereocenters. The third-order valence-electron chi connectivity index (χ3n) is 2.66. The number of hydrogen-bond acceptors (Lipinski definition) is 4. The van der Waals surface area contributed by atoms with Crippen LogP contribution in [0, 0.1) is 11.8 Å². The van der Waals surface area contributed by atoms with E-state index in [0.717, 1.165) is 6.54 Å². The number of anilines is 1. The summed E-state index contributed by atoms with van der Waals surface area (Å²) < 4.78 is 0. The van der Waals surface area contributed by atoms with Crippen molar-refractivity contribution in [2.75, 3.05) is 11.9 Å². The summed E-state index contributed by atoms with van der Waals surface area (Å²) in [5.41, 5.74) is 6.13. The Labute approximate surface area is 102 Å². The third kappa shape index (κ3) is 3.41. The van der Waals surface area contributed by atoms with E-state index in [-0.39, 0.29) is 4.99 Å². The molecule has 1 aromatic rings. The fourth-order valence-corrected chi connectivity index (χ4v) is 1.29. The standard InChI is InChI=1S/C11H18N4S/c1-7(2)8(3)6-15-11-9(10(12)16)13-4-5-14-11/h4-5,7-8H,6H2,1-3H3,(H2,12,16)(H,14,15). The summed E-state index contributed by atoms with van der Waals surface area (Å²) in [6, 6.07) is 0. The van der Waals surface area contributed by atoms with E-state index in [0.29, 0.717) is 23.3 Å². The van der Waals surface area contributed by atoms with E-state index < -0.39 is 0 Å². The van der Waals surface area contributed by atoms with Gasteiger partial charge >= 0.3 is 0 Å². The molecule has 0 spiro atoms. The number of hydrogen-bond donors (Lipinski definition) is 2. The lowest BCUT2D eigenvalue weighted by atomic mass is 9.98. The topological polar surface area (TPSA) is 63.8 Å². The minimum atomic E-state index is 0.271. The van der Waals surface area contributed by atoms with Crippen molar-refractivity contribution in [2.24, 2.45) is 17.6 Å². The first-order valence-electron chi connectivity index (χ1n) is 5.37. The second-order valence-electron chi connectivity index (χ2n) is 4.22. The molecular formula is C11H18N4S. The van der Waals surface area contributed by atoms with Crippen molar-refractivity contribution < 1.29 is 0 Å². The van der Waals surface area contributed by atoms with Crippen LogP contribution < -0.4 is 11.1 Å². The Morgan fingerprint density at radius 2 is 2.00 bits per heavy atom. The van der Waals surface area contributed by atoms with Crippen LogP contribution in [-0.4, -0.2) is 21.5 Å². The second kappa shape index (κ2) is 5.75. The molecule has 0 saturated heterocycles. The lowest BCUT2D eigenvalue weighted by Gasteiger charge is -2.17. The summed E-state index contributed by atoms with van der Waals surface area (Å²) in [5.74, 6) is 1.85. The Balaban J connectivity index is 2.70. The van der Waals surface area contributed by atoms with Crippen molar-refractivity contribution in [1.82, 2.24) is 9.97 Å². The van der Waals surface area contributed by atoms with Gasteiger partial charge in [-0.15, -0.1) is 0 Å². The molecular weight excluding hydrogens is 220 g/mol. The van der Waals surface area contributed by atoms with E-state index in [1.807, 2.05) is 0 Å². The monoisotopic (exact) mass is 238 g/mol. The van der Waals surface area contributed by atoms with E-state index in [4.69, 9.17) is 18.0 Å². The van der Waals surface area contributed by atoms with Crippen molar-refractivity contribution in [3.05, 3.63) is 18.1 Å². The molecule has 0 aliphatic carbocycles. The first-order valence-corrected chi connectivity index (χ1v) is 5.78. The molecule has 0 aromatic carbocycles. The summed E-state index contributed by atoms with van der Waals surface area (Å²) >= 11 is 4.92. The van der Waals surface area contributed by atoms with Gasteiger partial charge in [0, 0.05) is 18.9 Å². The van der Waals surface area contributed by atoms with E-state index in [1.54, 1.807) is 12.4 Å². The van der Waals surface area contributed by atoms with Crippen LogP contribution in [0.15, 0.2) is 12.4 Å². The predicted molar refractivity (Wildman–Crippen MR) is 70.4 cm³/mol. The van der Waals surface area contributed by atoms with Crippen LogP contribution in [0.1, 0.15) is 26.5 Å². The lowest BCUT2D eigenvalue weighted by Crippen LogP contribution is -2.21. The summed E-state index contributed by atoms with van der Waals surface area (Å²) in [5, 5.41) is 3.23. The summed E-state index contributed by atoms with van der Waals surface area (Å²) in [4.78, 5) is 8.57. The highest BCUT2D eigenvalue weighted by Gasteiger charge is 2.10. The molecule has 0 saturated carbocycles. The number of nitrogens with one attached hydrogen (secondary N) is 1. The Morgan fingerprint density at radius 1 is 1.38 bits per heavy atom. The maximum absolute atomic E-state index is 5.57. The zero-order valence-electron chi connectivity index (χ0n) is 9.90. The average Bonchev–Trinajstić information content (AvgIpc) is 2.25. The molecule has 0 bridgehead atoms. The van der Waals surface area contributed by atoms with Crippen molar-refractivity contribution in [3.8, 4) is 0 Å². The van der Waals surface area contributed by atoms with Gasteiger partial charge in [0.05, 0.1) is 0 Å². The first kappa shape index (κ1) is 12.8. The first-order chi connectivity index (χ1) is 7.52. The van der Waals surface area contributed by atoms with Crippen LogP contribution >= 0.6 is 12.2 Å². The highest BCUT2D eigenvalue weighted by molar-refractivity contribution is 7.80. The van der Waals surface area contributed by atoms with Gasteiger partial charge < -0.3 is 11.1 Å². The number of thiocarbonyl (C=S) groups is 1. The fraction of sp³-hybridized carbons (Fsp3) is 0.545. The summed E-state index contributed by atoms with van der Waals surface area (Å²) in [6.07, 6.45) is 3.22. The van der Waals surface area contributed by atoms with Crippen LogP contribution in [0.2, 0.25) is 0 Å². The molecule has 0 aliphatic heterocycles. The largest absolute Gasteiger partial charge is 0.388 e. The minimum Gasteiger partial charge on any atom is -0.388 e. The van der Waals surface area contributed by atoms with Gasteiger partial charge in [0.15, 0.2) is 5.82 Å². The van der Waals surface area contributed by atoms with Gasteiger partial charge in [-0.05, 0) is 11.8 Å². The Kier molecular flexibility index (Phi) is 4.61. The van der Waals surface area contributed by atoms with Crippen LogP contribution in [-0.2, 0) is 0 Å². The van der Waals surface area contributed by atoms with Gasteiger partial charge in [0.1, 0.15) is 10.7 Å². The van der Waals surface area contributed by atoms with Gasteiger partial charge in [-0.2, -0.15) is 0 Å². The van der Waals surface area contributed by atoms with Gasteiger partial charge in [0.25, 0.3) is 0 Å². The van der Waals surface area contributed by atoms with Crippen molar-refractivity contribution in [1.29, 1.82) is 0 Å². The number of aromatic nitrogens is 2. The van der Waals surface area contributed by atoms with Crippen LogP contribution in [0.25, 0.3) is 0 Å². The van der Waals surface area contributed by atoms with Gasteiger partial charge in [-0.3, -0.25) is 0 Å². The molecule has 1 aromatic heterocycles. The van der Waals surface area contributed by atoms with Gasteiger partial charge in [-0.1, -0.05) is 33.0 Å². The van der Waals surface area contributed by atoms with E-state index in [9.17, 15) is 0 Å². The molecule has 1 rings (SSSR count). The minimum absolute atomic E-state index is 0.271. The van der Waals surface area contributed by atoms with E-state index in [2.05, 4.69) is 36.1 Å². The van der Waals surface area contributed by atoms with Crippen molar-refractivity contribution in [2.45, 2.75) is 20.8 Å². The van der Waals surface area contributed by atoms with E-state index >= 15 is 0 Å². The van der Waals surface area contributed by atoms with Gasteiger partial charge in [0.2, 0.25) is 0 Å². The normalized spacial score (nSPS) is 12.5. The third-order valence-corrected chi connectivity index (χ3v) is 2.85. The molecule has 1 heterocycles. The maximum atomic E-state index is 5.57. The molecule has 16 heavy (non-hydrogen) atoms. The highest BCUT2D eigenvalue weighted by atomic mass is 32.1. The Hall–Kier alpha value is -1.23. The number of rotatable bonds is 5. The van der Waals surface area contributed by atoms with Crippen molar-refractivity contribution in [3.63, 3.8) is 0 Å². The van der Waals surface area contributed by atoms with Crippen LogP contribution in [0.5, 0.6) is 0 Å². The Morgan fingerprint density at radius 3 is 2.56 bits per heavy atom. The fourth-order valence-electron chi connectivity index (χ4n) is 1.14. The van der Waals surface area contributed by atoms with Gasteiger partial charge in [-0.25, -0.2) is 9.97 Å². The molecule has 0 amide bonds. The van der Waals surface area contributed by atoms with Crippen LogP contribution in [0.4, 0.5) is 5.82 Å². The second-order valence-corrected chi connectivity index (χ2v) is 4.66. The Bertz CT molecular complexity index is 365. The molecule has 3 N–H and O–H groups in total. The molecule has 4 nitrogen and oxygen atoms in total. The SMILES string of the molecule is CC(C)C(C)CNc1nccnc1C(N)=S. The zero-order chi connectivity index (χ0) is 12.1. The molecule has 1 atom stereocenters. The predicted octanol–water partition coefficient (Wildman–Crippen LogP) is 1.81. The van der Waals surface area contributed by atoms with E-state index in [1.165, 1.54) is 0 Å². The molecule has 0 fully saturated rings. The zero-order valence-corrected chi connectivity index (χ0v) is 10.7. The van der Waals surface area contributed by atoms with Crippen LogP contribution in [0.3, 0.4) is 0 Å².